The van der Waals surface area contributed by atoms with Crippen LogP contribution >= 0.6 is 11.3 Å². The summed E-state index contributed by atoms with van der Waals surface area (Å²) in [4.78, 5) is 17.3. The van der Waals surface area contributed by atoms with Crippen molar-refractivity contribution < 1.29 is 4.79 Å². The van der Waals surface area contributed by atoms with E-state index in [1.54, 1.807) is 11.3 Å². The molecular weight excluding hydrogens is 318 g/mol. The third-order valence-electron chi connectivity index (χ3n) is 5.39. The Morgan fingerprint density at radius 1 is 1.21 bits per heavy atom. The summed E-state index contributed by atoms with van der Waals surface area (Å²) in [5.74, 6) is 1.05. The van der Waals surface area contributed by atoms with Crippen molar-refractivity contribution in [2.24, 2.45) is 5.92 Å². The molecule has 4 rings (SSSR count). The van der Waals surface area contributed by atoms with Crippen molar-refractivity contribution in [1.82, 2.24) is 14.9 Å². The van der Waals surface area contributed by atoms with Gasteiger partial charge < -0.3 is 9.88 Å². The van der Waals surface area contributed by atoms with Gasteiger partial charge in [-0.3, -0.25) is 4.79 Å². The van der Waals surface area contributed by atoms with Crippen molar-refractivity contribution in [1.29, 1.82) is 0 Å². The number of nitrogens with zero attached hydrogens (tertiary/aromatic N) is 2. The first-order chi connectivity index (χ1) is 11.7. The number of thiazole rings is 1. The quantitative estimate of drug-likeness (QED) is 0.873. The lowest BCUT2D eigenvalue weighted by atomic mass is 9.85. The van der Waals surface area contributed by atoms with Gasteiger partial charge >= 0.3 is 0 Å². The molecule has 0 aliphatic heterocycles. The van der Waals surface area contributed by atoms with Crippen LogP contribution in [0.15, 0.2) is 29.9 Å². The molecule has 0 aromatic carbocycles. The van der Waals surface area contributed by atoms with E-state index in [2.05, 4.69) is 46.7 Å². The average molecular weight is 343 g/mol. The number of carbonyl (C=O) groups is 1. The van der Waals surface area contributed by atoms with Crippen LogP contribution in [-0.2, 0) is 4.79 Å². The van der Waals surface area contributed by atoms with Gasteiger partial charge in [0.2, 0.25) is 5.91 Å². The van der Waals surface area contributed by atoms with Gasteiger partial charge in [0.25, 0.3) is 0 Å². The Balaban J connectivity index is 1.29. The van der Waals surface area contributed by atoms with Crippen molar-refractivity contribution in [3.8, 4) is 0 Å². The van der Waals surface area contributed by atoms with Crippen molar-refractivity contribution >= 4 is 17.2 Å². The number of carbonyl (C=O) groups excluding carboxylic acids is 1. The molecule has 2 aromatic heterocycles. The van der Waals surface area contributed by atoms with Crippen molar-refractivity contribution in [2.75, 3.05) is 0 Å². The highest BCUT2D eigenvalue weighted by molar-refractivity contribution is 7.09. The molecule has 0 radical (unpaired) electrons. The van der Waals surface area contributed by atoms with Crippen LogP contribution in [0, 0.1) is 5.92 Å². The molecule has 2 aliphatic rings. The van der Waals surface area contributed by atoms with Crippen LogP contribution in [0.1, 0.15) is 74.2 Å². The fraction of sp³-hybridized carbons (Fsp3) is 0.579. The van der Waals surface area contributed by atoms with Gasteiger partial charge in [0.15, 0.2) is 0 Å². The van der Waals surface area contributed by atoms with Crippen LogP contribution in [0.2, 0.25) is 0 Å². The Hall–Kier alpha value is -1.62. The van der Waals surface area contributed by atoms with E-state index in [0.717, 1.165) is 31.4 Å². The topological polar surface area (TPSA) is 46.9 Å². The zero-order valence-corrected chi connectivity index (χ0v) is 15.0. The fourth-order valence-electron chi connectivity index (χ4n) is 3.65. The van der Waals surface area contributed by atoms with Crippen molar-refractivity contribution in [3.05, 3.63) is 40.6 Å². The maximum Gasteiger partial charge on any atom is 0.223 e. The largest absolute Gasteiger partial charge is 0.351 e. The molecule has 0 unspecified atom stereocenters. The van der Waals surface area contributed by atoms with Crippen LogP contribution in [0.25, 0.3) is 0 Å². The molecule has 0 saturated heterocycles. The maximum atomic E-state index is 12.6. The zero-order chi connectivity index (χ0) is 16.5. The molecule has 5 heteroatoms. The molecule has 1 atom stereocenters. The molecule has 2 aliphatic carbocycles. The van der Waals surface area contributed by atoms with E-state index in [4.69, 9.17) is 4.98 Å². The first-order valence-corrected chi connectivity index (χ1v) is 9.97. The molecule has 1 amide bonds. The molecule has 1 N–H and O–H groups in total. The molecule has 2 heterocycles. The normalized spacial score (nSPS) is 25.4. The smallest absolute Gasteiger partial charge is 0.223 e. The Bertz CT molecular complexity index is 681. The van der Waals surface area contributed by atoms with Crippen LogP contribution in [-0.4, -0.2) is 15.5 Å². The SMILES string of the molecule is C[C@H](NC(=O)C1CCC(n2cccc2)CC1)c1csc(C2CC2)n1. The van der Waals surface area contributed by atoms with Gasteiger partial charge in [-0.1, -0.05) is 0 Å². The Morgan fingerprint density at radius 3 is 2.58 bits per heavy atom. The van der Waals surface area contributed by atoms with E-state index in [-0.39, 0.29) is 17.9 Å². The van der Waals surface area contributed by atoms with Crippen molar-refractivity contribution in [3.63, 3.8) is 0 Å². The number of aromatic nitrogens is 2. The first-order valence-electron chi connectivity index (χ1n) is 9.09. The third-order valence-corrected chi connectivity index (χ3v) is 6.41. The van der Waals surface area contributed by atoms with Gasteiger partial charge in [0, 0.05) is 35.7 Å². The summed E-state index contributed by atoms with van der Waals surface area (Å²) in [7, 11) is 0. The molecule has 2 aromatic rings. The highest BCUT2D eigenvalue weighted by Crippen LogP contribution is 2.42. The maximum absolute atomic E-state index is 12.6. The molecular formula is C19H25N3OS. The second-order valence-electron chi connectivity index (χ2n) is 7.25. The Labute approximate surface area is 147 Å². The number of hydrogen-bond donors (Lipinski definition) is 1. The lowest BCUT2D eigenvalue weighted by Gasteiger charge is -2.29. The van der Waals surface area contributed by atoms with Crippen LogP contribution < -0.4 is 5.32 Å². The lowest BCUT2D eigenvalue weighted by Crippen LogP contribution is -2.35. The summed E-state index contributed by atoms with van der Waals surface area (Å²) in [5, 5.41) is 6.55. The van der Waals surface area contributed by atoms with E-state index in [0.29, 0.717) is 12.0 Å². The van der Waals surface area contributed by atoms with Gasteiger partial charge in [0.05, 0.1) is 16.7 Å². The fourth-order valence-corrected chi connectivity index (χ4v) is 4.73. The lowest BCUT2D eigenvalue weighted by molar-refractivity contribution is -0.126. The second-order valence-corrected chi connectivity index (χ2v) is 8.14. The van der Waals surface area contributed by atoms with Crippen molar-refractivity contribution in [2.45, 2.75) is 63.5 Å². The van der Waals surface area contributed by atoms with E-state index in [9.17, 15) is 4.79 Å². The molecule has 2 fully saturated rings. The highest BCUT2D eigenvalue weighted by Gasteiger charge is 2.29. The van der Waals surface area contributed by atoms with Gasteiger partial charge in [0.1, 0.15) is 0 Å². The number of amides is 1. The standard InChI is InChI=1S/C19H25N3OS/c1-13(17-12-24-19(21-17)15-4-5-15)20-18(23)14-6-8-16(9-7-14)22-10-2-3-11-22/h2-3,10-16H,4-9H2,1H3,(H,20,23)/t13-,14?,16?/m0/s1. The minimum absolute atomic E-state index is 0.0171. The van der Waals surface area contributed by atoms with E-state index in [1.165, 1.54) is 17.8 Å². The zero-order valence-electron chi connectivity index (χ0n) is 14.1. The minimum atomic E-state index is 0.0171. The average Bonchev–Trinajstić information content (AvgIpc) is 3.12. The molecule has 4 nitrogen and oxygen atoms in total. The Kier molecular flexibility index (Phi) is 4.44. The minimum Gasteiger partial charge on any atom is -0.351 e. The van der Waals surface area contributed by atoms with Gasteiger partial charge in [-0.25, -0.2) is 4.98 Å². The van der Waals surface area contributed by atoms with Crippen LogP contribution in [0.5, 0.6) is 0 Å². The first kappa shape index (κ1) is 15.9. The van der Waals surface area contributed by atoms with E-state index < -0.39 is 0 Å². The third kappa shape index (κ3) is 3.41. The van der Waals surface area contributed by atoms with Crippen LogP contribution in [0.3, 0.4) is 0 Å². The summed E-state index contributed by atoms with van der Waals surface area (Å²) < 4.78 is 2.28. The number of hydrogen-bond acceptors (Lipinski definition) is 3. The molecule has 24 heavy (non-hydrogen) atoms. The van der Waals surface area contributed by atoms with Gasteiger partial charge in [-0.2, -0.15) is 0 Å². The summed E-state index contributed by atoms with van der Waals surface area (Å²) in [6, 6.07) is 4.72. The number of nitrogens with one attached hydrogen (secondary N) is 1. The Morgan fingerprint density at radius 2 is 1.92 bits per heavy atom. The summed E-state index contributed by atoms with van der Waals surface area (Å²) in [6.07, 6.45) is 10.9. The molecule has 128 valence electrons. The van der Waals surface area contributed by atoms with E-state index in [1.807, 2.05) is 0 Å². The monoisotopic (exact) mass is 343 g/mol. The molecule has 2 saturated carbocycles. The van der Waals surface area contributed by atoms with Gasteiger partial charge in [-0.15, -0.1) is 11.3 Å². The van der Waals surface area contributed by atoms with Gasteiger partial charge in [-0.05, 0) is 57.6 Å². The second kappa shape index (κ2) is 6.71. The van der Waals surface area contributed by atoms with E-state index >= 15 is 0 Å². The number of rotatable bonds is 5. The predicted molar refractivity (Wildman–Crippen MR) is 96.1 cm³/mol. The molecule has 0 spiro atoms. The predicted octanol–water partition coefficient (Wildman–Crippen LogP) is 4.43. The summed E-state index contributed by atoms with van der Waals surface area (Å²) >= 11 is 1.74. The summed E-state index contributed by atoms with van der Waals surface area (Å²) in [6.45, 7) is 2.05. The van der Waals surface area contributed by atoms with Crippen LogP contribution in [0.4, 0.5) is 0 Å². The summed E-state index contributed by atoms with van der Waals surface area (Å²) in [5.41, 5.74) is 1.02. The molecule has 0 bridgehead atoms. The highest BCUT2D eigenvalue weighted by atomic mass is 32.1.